The SMILES string of the molecule is CC(Cl)(C=O)CN1CCCO1. The highest BCUT2D eigenvalue weighted by molar-refractivity contribution is 6.31. The van der Waals surface area contributed by atoms with Crippen molar-refractivity contribution >= 4 is 17.9 Å². The van der Waals surface area contributed by atoms with Gasteiger partial charge in [0.15, 0.2) is 0 Å². The molecule has 0 saturated carbocycles. The first-order chi connectivity index (χ1) is 5.14. The Hall–Kier alpha value is -0.120. The van der Waals surface area contributed by atoms with E-state index in [1.165, 1.54) is 0 Å². The van der Waals surface area contributed by atoms with Crippen LogP contribution in [-0.4, -0.2) is 35.9 Å². The van der Waals surface area contributed by atoms with Crippen LogP contribution < -0.4 is 0 Å². The molecule has 0 aromatic carbocycles. The molecule has 0 aromatic heterocycles. The highest BCUT2D eigenvalue weighted by Gasteiger charge is 2.25. The van der Waals surface area contributed by atoms with Gasteiger partial charge < -0.3 is 4.79 Å². The number of hydroxylamine groups is 2. The number of aldehydes is 1. The molecular formula is C7H12ClNO2. The van der Waals surface area contributed by atoms with Crippen molar-refractivity contribution in [2.75, 3.05) is 19.7 Å². The van der Waals surface area contributed by atoms with Gasteiger partial charge in [-0.25, -0.2) is 0 Å². The lowest BCUT2D eigenvalue weighted by Crippen LogP contribution is -2.35. The standard InChI is InChI=1S/C7H12ClNO2/c1-7(8,6-10)5-9-3-2-4-11-9/h6H,2-5H2,1H3. The number of hydrogen-bond acceptors (Lipinski definition) is 3. The van der Waals surface area contributed by atoms with E-state index >= 15 is 0 Å². The lowest BCUT2D eigenvalue weighted by atomic mass is 10.2. The summed E-state index contributed by atoms with van der Waals surface area (Å²) in [5, 5.41) is 1.74. The quantitative estimate of drug-likeness (QED) is 0.472. The Bertz CT molecular complexity index is 143. The van der Waals surface area contributed by atoms with Crippen LogP contribution in [0, 0.1) is 0 Å². The number of halogens is 1. The van der Waals surface area contributed by atoms with Crippen LogP contribution in [0.4, 0.5) is 0 Å². The minimum Gasteiger partial charge on any atom is -0.301 e. The van der Waals surface area contributed by atoms with E-state index in [-0.39, 0.29) is 0 Å². The summed E-state index contributed by atoms with van der Waals surface area (Å²) in [6, 6.07) is 0. The van der Waals surface area contributed by atoms with E-state index in [0.29, 0.717) is 6.54 Å². The minimum atomic E-state index is -0.801. The molecule has 0 amide bonds. The van der Waals surface area contributed by atoms with Crippen LogP contribution in [0.5, 0.6) is 0 Å². The summed E-state index contributed by atoms with van der Waals surface area (Å²) in [4.78, 5) is 14.8. The van der Waals surface area contributed by atoms with Crippen LogP contribution in [0.1, 0.15) is 13.3 Å². The van der Waals surface area contributed by atoms with Crippen LogP contribution in [0.2, 0.25) is 0 Å². The first kappa shape index (κ1) is 8.97. The average Bonchev–Trinajstić information content (AvgIpc) is 2.39. The Balaban J connectivity index is 2.33. The van der Waals surface area contributed by atoms with Crippen molar-refractivity contribution in [3.8, 4) is 0 Å². The van der Waals surface area contributed by atoms with Gasteiger partial charge in [0.05, 0.1) is 6.61 Å². The number of rotatable bonds is 3. The Kier molecular flexibility index (Phi) is 2.87. The molecule has 1 saturated heterocycles. The molecule has 0 N–H and O–H groups in total. The van der Waals surface area contributed by atoms with Gasteiger partial charge in [0, 0.05) is 13.1 Å². The summed E-state index contributed by atoms with van der Waals surface area (Å²) in [7, 11) is 0. The fourth-order valence-corrected chi connectivity index (χ4v) is 1.14. The molecule has 1 atom stereocenters. The third-order valence-electron chi connectivity index (χ3n) is 1.56. The molecule has 0 aromatic rings. The summed E-state index contributed by atoms with van der Waals surface area (Å²) in [6.45, 7) is 3.77. The third kappa shape index (κ3) is 2.77. The van der Waals surface area contributed by atoms with Gasteiger partial charge in [0.1, 0.15) is 11.2 Å². The van der Waals surface area contributed by atoms with Gasteiger partial charge >= 0.3 is 0 Å². The normalized spacial score (nSPS) is 24.9. The first-order valence-corrected chi connectivity index (χ1v) is 4.05. The Morgan fingerprint density at radius 2 is 2.55 bits per heavy atom. The van der Waals surface area contributed by atoms with E-state index in [0.717, 1.165) is 25.9 Å². The molecule has 3 nitrogen and oxygen atoms in total. The fourth-order valence-electron chi connectivity index (χ4n) is 1.01. The average molecular weight is 178 g/mol. The monoisotopic (exact) mass is 177 g/mol. The van der Waals surface area contributed by atoms with E-state index in [9.17, 15) is 4.79 Å². The maximum absolute atomic E-state index is 10.4. The molecule has 11 heavy (non-hydrogen) atoms. The number of nitrogens with zero attached hydrogens (tertiary/aromatic N) is 1. The van der Waals surface area contributed by atoms with E-state index in [1.807, 2.05) is 0 Å². The largest absolute Gasteiger partial charge is 0.301 e. The topological polar surface area (TPSA) is 29.5 Å². The summed E-state index contributed by atoms with van der Waals surface area (Å²) in [5.41, 5.74) is 0. The molecule has 1 rings (SSSR count). The zero-order valence-electron chi connectivity index (χ0n) is 6.55. The molecular weight excluding hydrogens is 166 g/mol. The van der Waals surface area contributed by atoms with Gasteiger partial charge in [-0.2, -0.15) is 5.06 Å². The number of alkyl halides is 1. The molecule has 0 aliphatic carbocycles. The van der Waals surface area contributed by atoms with E-state index in [1.54, 1.807) is 12.0 Å². The number of carbonyl (C=O) groups excluding carboxylic acids is 1. The molecule has 1 heterocycles. The van der Waals surface area contributed by atoms with Crippen molar-refractivity contribution in [1.82, 2.24) is 5.06 Å². The highest BCUT2D eigenvalue weighted by Crippen LogP contribution is 2.15. The second-order valence-electron chi connectivity index (χ2n) is 2.95. The van der Waals surface area contributed by atoms with Crippen molar-refractivity contribution in [2.24, 2.45) is 0 Å². The second kappa shape index (κ2) is 3.52. The van der Waals surface area contributed by atoms with Crippen LogP contribution in [-0.2, 0) is 9.63 Å². The molecule has 1 aliphatic rings. The Morgan fingerprint density at radius 1 is 1.82 bits per heavy atom. The molecule has 1 aliphatic heterocycles. The van der Waals surface area contributed by atoms with E-state index < -0.39 is 4.87 Å². The van der Waals surface area contributed by atoms with Gasteiger partial charge in [0.2, 0.25) is 0 Å². The maximum Gasteiger partial charge on any atom is 0.142 e. The molecule has 1 fully saturated rings. The first-order valence-electron chi connectivity index (χ1n) is 3.67. The lowest BCUT2D eigenvalue weighted by Gasteiger charge is -2.21. The van der Waals surface area contributed by atoms with Crippen LogP contribution in [0.3, 0.4) is 0 Å². The second-order valence-corrected chi connectivity index (χ2v) is 3.81. The Morgan fingerprint density at radius 3 is 3.00 bits per heavy atom. The van der Waals surface area contributed by atoms with Gasteiger partial charge in [-0.1, -0.05) is 0 Å². The van der Waals surface area contributed by atoms with Crippen molar-refractivity contribution in [3.05, 3.63) is 0 Å². The lowest BCUT2D eigenvalue weighted by molar-refractivity contribution is -0.125. The molecule has 0 bridgehead atoms. The molecule has 4 heteroatoms. The molecule has 0 spiro atoms. The predicted molar refractivity (Wildman–Crippen MR) is 42.5 cm³/mol. The smallest absolute Gasteiger partial charge is 0.142 e. The van der Waals surface area contributed by atoms with E-state index in [4.69, 9.17) is 16.4 Å². The summed E-state index contributed by atoms with van der Waals surface area (Å²) < 4.78 is 0. The molecule has 64 valence electrons. The summed E-state index contributed by atoms with van der Waals surface area (Å²) in [6.07, 6.45) is 1.77. The predicted octanol–water partition coefficient (Wildman–Crippen LogP) is 0.820. The summed E-state index contributed by atoms with van der Waals surface area (Å²) >= 11 is 5.81. The molecule has 1 unspecified atom stereocenters. The fraction of sp³-hybridized carbons (Fsp3) is 0.857. The van der Waals surface area contributed by atoms with Gasteiger partial charge in [0.25, 0.3) is 0 Å². The minimum absolute atomic E-state index is 0.470. The van der Waals surface area contributed by atoms with Crippen molar-refractivity contribution in [3.63, 3.8) is 0 Å². The van der Waals surface area contributed by atoms with Crippen molar-refractivity contribution in [1.29, 1.82) is 0 Å². The van der Waals surface area contributed by atoms with E-state index in [2.05, 4.69) is 0 Å². The highest BCUT2D eigenvalue weighted by atomic mass is 35.5. The van der Waals surface area contributed by atoms with Crippen molar-refractivity contribution < 1.29 is 9.63 Å². The maximum atomic E-state index is 10.4. The zero-order valence-corrected chi connectivity index (χ0v) is 7.30. The summed E-state index contributed by atoms with van der Waals surface area (Å²) in [5.74, 6) is 0. The van der Waals surface area contributed by atoms with Crippen LogP contribution in [0.25, 0.3) is 0 Å². The van der Waals surface area contributed by atoms with Gasteiger partial charge in [-0.3, -0.25) is 4.84 Å². The number of hydrogen-bond donors (Lipinski definition) is 0. The van der Waals surface area contributed by atoms with Gasteiger partial charge in [-0.15, -0.1) is 11.6 Å². The van der Waals surface area contributed by atoms with Crippen molar-refractivity contribution in [2.45, 2.75) is 18.2 Å². The zero-order chi connectivity index (χ0) is 8.32. The van der Waals surface area contributed by atoms with Crippen LogP contribution in [0.15, 0.2) is 0 Å². The third-order valence-corrected chi connectivity index (χ3v) is 1.77. The number of carbonyl (C=O) groups is 1. The molecule has 0 radical (unpaired) electrons. The Labute approximate surface area is 71.2 Å². The van der Waals surface area contributed by atoms with Gasteiger partial charge in [-0.05, 0) is 13.3 Å². The van der Waals surface area contributed by atoms with Crippen LogP contribution >= 0.6 is 11.6 Å².